The largest absolute Gasteiger partial charge is 0.463 e. The van der Waals surface area contributed by atoms with Gasteiger partial charge in [-0.15, -0.1) is 0 Å². The molecule has 6 heteroatoms. The number of anilines is 1. The summed E-state index contributed by atoms with van der Waals surface area (Å²) in [4.78, 5) is 16.9. The molecule has 0 aromatic carbocycles. The van der Waals surface area contributed by atoms with Gasteiger partial charge in [-0.1, -0.05) is 0 Å². The van der Waals surface area contributed by atoms with E-state index in [0.717, 1.165) is 0 Å². The number of hydrogen-bond acceptors (Lipinski definition) is 4. The number of rotatable bonds is 4. The molecule has 0 aliphatic carbocycles. The van der Waals surface area contributed by atoms with Crippen LogP contribution in [0.1, 0.15) is 35.9 Å². The van der Waals surface area contributed by atoms with Crippen molar-refractivity contribution in [3.63, 3.8) is 0 Å². The van der Waals surface area contributed by atoms with E-state index < -0.39 is 0 Å². The second-order valence-corrected chi connectivity index (χ2v) is 5.52. The minimum atomic E-state index is -0.205. The Kier molecular flexibility index (Phi) is 3.97. The molecule has 0 saturated heterocycles. The third kappa shape index (κ3) is 3.01. The van der Waals surface area contributed by atoms with Gasteiger partial charge in [-0.3, -0.25) is 4.79 Å². The zero-order valence-corrected chi connectivity index (χ0v) is 13.3. The Morgan fingerprint density at radius 2 is 2.09 bits per heavy atom. The van der Waals surface area contributed by atoms with Gasteiger partial charge in [-0.2, -0.15) is 5.10 Å². The van der Waals surface area contributed by atoms with Gasteiger partial charge in [0.05, 0.1) is 23.7 Å². The van der Waals surface area contributed by atoms with Gasteiger partial charge >= 0.3 is 0 Å². The minimum absolute atomic E-state index is 0.167. The van der Waals surface area contributed by atoms with Crippen molar-refractivity contribution in [1.29, 1.82) is 0 Å². The lowest BCUT2D eigenvalue weighted by Gasteiger charge is -2.12. The second kappa shape index (κ2) is 6.08. The molecule has 0 aliphatic heterocycles. The van der Waals surface area contributed by atoms with Crippen molar-refractivity contribution < 1.29 is 9.21 Å². The zero-order chi connectivity index (χ0) is 16.4. The number of carbonyl (C=O) groups is 1. The number of hydrogen-bond donors (Lipinski definition) is 1. The smallest absolute Gasteiger partial charge is 0.258 e. The number of aryl methyl sites for hydroxylation is 1. The van der Waals surface area contributed by atoms with E-state index in [1.54, 1.807) is 48.3 Å². The van der Waals surface area contributed by atoms with Crippen LogP contribution in [0.5, 0.6) is 0 Å². The van der Waals surface area contributed by atoms with E-state index in [9.17, 15) is 4.79 Å². The summed E-state index contributed by atoms with van der Waals surface area (Å²) in [6.07, 6.45) is 3.26. The van der Waals surface area contributed by atoms with Gasteiger partial charge in [-0.05, 0) is 45.0 Å². The van der Waals surface area contributed by atoms with Crippen molar-refractivity contribution in [3.05, 3.63) is 54.0 Å². The molecular formula is C17H18N4O2. The first-order valence-corrected chi connectivity index (χ1v) is 7.42. The van der Waals surface area contributed by atoms with Crippen LogP contribution >= 0.6 is 0 Å². The average molecular weight is 310 g/mol. The van der Waals surface area contributed by atoms with E-state index in [1.165, 1.54) is 0 Å². The maximum absolute atomic E-state index is 12.5. The summed E-state index contributed by atoms with van der Waals surface area (Å²) in [5.74, 6) is 1.14. The van der Waals surface area contributed by atoms with Crippen molar-refractivity contribution >= 4 is 11.7 Å². The standard InChI is InChI=1S/C17H18N4O2/c1-11(2)21-16(8-9-18-21)20-17(22)13-6-7-14(19-12(13)3)15-5-4-10-23-15/h4-11H,1-3H3,(H,20,22). The molecule has 0 atom stereocenters. The lowest BCUT2D eigenvalue weighted by Crippen LogP contribution is -2.18. The first kappa shape index (κ1) is 15.0. The van der Waals surface area contributed by atoms with E-state index in [4.69, 9.17) is 4.42 Å². The first-order valence-electron chi connectivity index (χ1n) is 7.42. The predicted octanol–water partition coefficient (Wildman–Crippen LogP) is 3.68. The van der Waals surface area contributed by atoms with Crippen LogP contribution in [-0.2, 0) is 0 Å². The van der Waals surface area contributed by atoms with Gasteiger partial charge in [0.15, 0.2) is 5.76 Å². The van der Waals surface area contributed by atoms with Crippen LogP contribution in [0.3, 0.4) is 0 Å². The fourth-order valence-corrected chi connectivity index (χ4v) is 2.37. The molecule has 3 aromatic heterocycles. The molecule has 3 heterocycles. The zero-order valence-electron chi connectivity index (χ0n) is 13.3. The van der Waals surface area contributed by atoms with Crippen LogP contribution in [0.25, 0.3) is 11.5 Å². The number of nitrogens with zero attached hydrogens (tertiary/aromatic N) is 3. The Morgan fingerprint density at radius 3 is 2.74 bits per heavy atom. The number of carbonyl (C=O) groups excluding carboxylic acids is 1. The molecule has 0 fully saturated rings. The van der Waals surface area contributed by atoms with E-state index in [0.29, 0.717) is 28.5 Å². The molecule has 3 rings (SSSR count). The van der Waals surface area contributed by atoms with Crippen molar-refractivity contribution in [2.75, 3.05) is 5.32 Å². The number of aromatic nitrogens is 3. The lowest BCUT2D eigenvalue weighted by molar-refractivity contribution is 0.102. The highest BCUT2D eigenvalue weighted by Gasteiger charge is 2.15. The van der Waals surface area contributed by atoms with Gasteiger partial charge in [0.1, 0.15) is 11.5 Å². The molecular weight excluding hydrogens is 292 g/mol. The number of furan rings is 1. The van der Waals surface area contributed by atoms with Gasteiger partial charge in [0.25, 0.3) is 5.91 Å². The fraction of sp³-hybridized carbons (Fsp3) is 0.235. The Bertz CT molecular complexity index is 819. The first-order chi connectivity index (χ1) is 11.1. The summed E-state index contributed by atoms with van der Waals surface area (Å²) in [6.45, 7) is 5.82. The second-order valence-electron chi connectivity index (χ2n) is 5.52. The monoisotopic (exact) mass is 310 g/mol. The molecule has 23 heavy (non-hydrogen) atoms. The molecule has 0 aliphatic rings. The van der Waals surface area contributed by atoms with Crippen LogP contribution in [0.4, 0.5) is 5.82 Å². The van der Waals surface area contributed by atoms with Crippen LogP contribution in [0.2, 0.25) is 0 Å². The van der Waals surface area contributed by atoms with Crippen molar-refractivity contribution in [2.45, 2.75) is 26.8 Å². The molecule has 0 spiro atoms. The van der Waals surface area contributed by atoms with E-state index in [2.05, 4.69) is 15.4 Å². The SMILES string of the molecule is Cc1nc(-c2ccco2)ccc1C(=O)Nc1ccnn1C(C)C. The molecule has 118 valence electrons. The Balaban J connectivity index is 1.84. The molecule has 0 bridgehead atoms. The van der Waals surface area contributed by atoms with Crippen LogP contribution < -0.4 is 5.32 Å². The van der Waals surface area contributed by atoms with Gasteiger partial charge in [0, 0.05) is 12.1 Å². The summed E-state index contributed by atoms with van der Waals surface area (Å²) in [5, 5.41) is 7.09. The Hall–Kier alpha value is -2.89. The van der Waals surface area contributed by atoms with Crippen molar-refractivity contribution in [2.24, 2.45) is 0 Å². The molecule has 6 nitrogen and oxygen atoms in total. The lowest BCUT2D eigenvalue weighted by atomic mass is 10.1. The van der Waals surface area contributed by atoms with Gasteiger partial charge < -0.3 is 9.73 Å². The van der Waals surface area contributed by atoms with E-state index in [-0.39, 0.29) is 11.9 Å². The molecule has 1 amide bonds. The summed E-state index contributed by atoms with van der Waals surface area (Å²) in [5.41, 5.74) is 1.88. The normalized spacial score (nSPS) is 11.0. The van der Waals surface area contributed by atoms with Gasteiger partial charge in [0.2, 0.25) is 0 Å². The van der Waals surface area contributed by atoms with Crippen molar-refractivity contribution in [3.8, 4) is 11.5 Å². The van der Waals surface area contributed by atoms with Crippen molar-refractivity contribution in [1.82, 2.24) is 14.8 Å². The average Bonchev–Trinajstić information content (AvgIpc) is 3.18. The maximum atomic E-state index is 12.5. The predicted molar refractivity (Wildman–Crippen MR) is 87.2 cm³/mol. The quantitative estimate of drug-likeness (QED) is 0.798. The molecule has 0 unspecified atom stereocenters. The Labute approximate surface area is 134 Å². The van der Waals surface area contributed by atoms with Crippen LogP contribution in [0, 0.1) is 6.92 Å². The highest BCUT2D eigenvalue weighted by Crippen LogP contribution is 2.20. The molecule has 0 saturated carbocycles. The summed E-state index contributed by atoms with van der Waals surface area (Å²) in [7, 11) is 0. The minimum Gasteiger partial charge on any atom is -0.463 e. The van der Waals surface area contributed by atoms with E-state index in [1.807, 2.05) is 19.9 Å². The molecule has 3 aromatic rings. The topological polar surface area (TPSA) is 73.0 Å². The van der Waals surface area contributed by atoms with Crippen LogP contribution in [0.15, 0.2) is 47.2 Å². The number of pyridine rings is 1. The summed E-state index contributed by atoms with van der Waals surface area (Å²) < 4.78 is 7.09. The fourth-order valence-electron chi connectivity index (χ4n) is 2.37. The summed E-state index contributed by atoms with van der Waals surface area (Å²) >= 11 is 0. The highest BCUT2D eigenvalue weighted by atomic mass is 16.3. The highest BCUT2D eigenvalue weighted by molar-refractivity contribution is 6.04. The molecule has 1 N–H and O–H groups in total. The van der Waals surface area contributed by atoms with Gasteiger partial charge in [-0.25, -0.2) is 9.67 Å². The van der Waals surface area contributed by atoms with Crippen LogP contribution in [-0.4, -0.2) is 20.7 Å². The summed E-state index contributed by atoms with van der Waals surface area (Å²) in [6, 6.07) is 9.12. The van der Waals surface area contributed by atoms with E-state index >= 15 is 0 Å². The third-order valence-corrected chi connectivity index (χ3v) is 3.51. The molecule has 0 radical (unpaired) electrons. The number of nitrogens with one attached hydrogen (secondary N) is 1. The maximum Gasteiger partial charge on any atom is 0.258 e. The Morgan fingerprint density at radius 1 is 1.26 bits per heavy atom. The third-order valence-electron chi connectivity index (χ3n) is 3.51. The number of amides is 1.